The van der Waals surface area contributed by atoms with Gasteiger partial charge in [0.25, 0.3) is 0 Å². The molecular weight excluding hydrogens is 154 g/mol. The summed E-state index contributed by atoms with van der Waals surface area (Å²) in [4.78, 5) is 5.28. The third-order valence-corrected chi connectivity index (χ3v) is 2.31. The first-order valence-electron chi connectivity index (χ1n) is 3.20. The maximum absolute atomic E-state index is 4.23. The second-order valence-electron chi connectivity index (χ2n) is 1.91. The number of nitrogens with zero attached hydrogens (tertiary/aromatic N) is 1. The molecule has 0 amide bonds. The molecule has 1 aromatic heterocycles. The summed E-state index contributed by atoms with van der Waals surface area (Å²) in [5, 5.41) is 0.912. The predicted molar refractivity (Wildman–Crippen MR) is 52.4 cm³/mol. The molecule has 1 rings (SSSR count). The number of hydrogen-bond acceptors (Lipinski definition) is 2. The van der Waals surface area contributed by atoms with Gasteiger partial charge in [-0.15, -0.1) is 11.3 Å². The highest BCUT2D eigenvalue weighted by Crippen LogP contribution is 2.21. The Hall–Kier alpha value is -1.15. The van der Waals surface area contributed by atoms with E-state index in [1.165, 1.54) is 0 Å². The average Bonchev–Trinajstić information content (AvgIpc) is 2.46. The minimum Gasteiger partial charge on any atom is -0.237 e. The van der Waals surface area contributed by atoms with Crippen molar-refractivity contribution in [2.45, 2.75) is 0 Å². The highest BCUT2D eigenvalue weighted by atomic mass is 32.1. The van der Waals surface area contributed by atoms with E-state index in [-0.39, 0.29) is 0 Å². The summed E-state index contributed by atoms with van der Waals surface area (Å²) >= 11 is 1.57. The minimum atomic E-state index is 0.889. The molecule has 0 saturated heterocycles. The first-order valence-corrected chi connectivity index (χ1v) is 4.01. The topological polar surface area (TPSA) is 12.9 Å². The van der Waals surface area contributed by atoms with Crippen LogP contribution in [-0.4, -0.2) is 4.98 Å². The molecule has 0 fully saturated rings. The van der Waals surface area contributed by atoms with Crippen LogP contribution >= 0.6 is 11.3 Å². The van der Waals surface area contributed by atoms with Crippen LogP contribution in [0.15, 0.2) is 19.7 Å². The maximum atomic E-state index is 4.23. The summed E-state index contributed by atoms with van der Waals surface area (Å²) in [5.74, 6) is 0. The molecule has 0 aliphatic rings. The zero-order valence-electron chi connectivity index (χ0n) is 6.21. The Kier molecular flexibility index (Phi) is 2.39. The highest BCUT2D eigenvalue weighted by molar-refractivity contribution is 7.13. The van der Waals surface area contributed by atoms with Crippen molar-refractivity contribution in [3.05, 3.63) is 35.3 Å². The summed E-state index contributed by atoms with van der Waals surface area (Å²) < 4.78 is 0. The van der Waals surface area contributed by atoms with E-state index in [9.17, 15) is 0 Å². The predicted octanol–water partition coefficient (Wildman–Crippen LogP) is 3.07. The molecule has 1 aromatic rings. The SMILES string of the molecule is C=Cc1nc(C=C)c(C=C)s1. The van der Waals surface area contributed by atoms with E-state index >= 15 is 0 Å². The lowest BCUT2D eigenvalue weighted by atomic mass is 10.3. The van der Waals surface area contributed by atoms with Crippen molar-refractivity contribution in [3.63, 3.8) is 0 Å². The molecule has 1 nitrogen and oxygen atoms in total. The third kappa shape index (κ3) is 1.46. The molecule has 0 saturated carbocycles. The van der Waals surface area contributed by atoms with Crippen LogP contribution in [0.5, 0.6) is 0 Å². The van der Waals surface area contributed by atoms with Crippen LogP contribution in [-0.2, 0) is 0 Å². The first-order chi connectivity index (χ1) is 5.31. The Morgan fingerprint density at radius 3 is 2.18 bits per heavy atom. The van der Waals surface area contributed by atoms with Crippen LogP contribution in [0.1, 0.15) is 15.6 Å². The lowest BCUT2D eigenvalue weighted by Crippen LogP contribution is -1.72. The molecule has 0 radical (unpaired) electrons. The summed E-state index contributed by atoms with van der Waals surface area (Å²) in [6, 6.07) is 0. The zero-order valence-corrected chi connectivity index (χ0v) is 7.03. The van der Waals surface area contributed by atoms with Gasteiger partial charge < -0.3 is 0 Å². The fraction of sp³-hybridized carbons (Fsp3) is 0. The van der Waals surface area contributed by atoms with Crippen molar-refractivity contribution in [2.75, 3.05) is 0 Å². The van der Waals surface area contributed by atoms with Gasteiger partial charge in [-0.05, 0) is 18.2 Å². The van der Waals surface area contributed by atoms with Gasteiger partial charge in [0.2, 0.25) is 0 Å². The second kappa shape index (κ2) is 3.30. The van der Waals surface area contributed by atoms with Crippen LogP contribution in [0.4, 0.5) is 0 Å². The van der Waals surface area contributed by atoms with Crippen LogP contribution in [0.2, 0.25) is 0 Å². The lowest BCUT2D eigenvalue weighted by Gasteiger charge is -1.82. The van der Waals surface area contributed by atoms with Gasteiger partial charge in [0.05, 0.1) is 10.6 Å². The molecule has 0 aliphatic heterocycles. The monoisotopic (exact) mass is 163 g/mol. The molecule has 11 heavy (non-hydrogen) atoms. The van der Waals surface area contributed by atoms with E-state index in [2.05, 4.69) is 24.7 Å². The number of rotatable bonds is 3. The number of thiazole rings is 1. The van der Waals surface area contributed by atoms with E-state index in [0.29, 0.717) is 0 Å². The summed E-state index contributed by atoms with van der Waals surface area (Å²) in [5.41, 5.74) is 0.889. The van der Waals surface area contributed by atoms with Crippen molar-refractivity contribution >= 4 is 29.6 Å². The Bertz CT molecular complexity index is 271. The van der Waals surface area contributed by atoms with Gasteiger partial charge in [0.15, 0.2) is 0 Å². The van der Waals surface area contributed by atoms with Gasteiger partial charge in [-0.1, -0.05) is 19.7 Å². The zero-order chi connectivity index (χ0) is 8.27. The first kappa shape index (κ1) is 7.95. The van der Waals surface area contributed by atoms with Crippen LogP contribution in [0.25, 0.3) is 18.2 Å². The van der Waals surface area contributed by atoms with E-state index in [1.54, 1.807) is 29.6 Å². The highest BCUT2D eigenvalue weighted by Gasteiger charge is 2.01. The van der Waals surface area contributed by atoms with Gasteiger partial charge in [-0.25, -0.2) is 4.98 Å². The normalized spacial score (nSPS) is 9.09. The Morgan fingerprint density at radius 1 is 1.09 bits per heavy atom. The van der Waals surface area contributed by atoms with Crippen LogP contribution < -0.4 is 0 Å². The molecule has 0 N–H and O–H groups in total. The number of aromatic nitrogens is 1. The molecule has 1 heterocycles. The van der Waals surface area contributed by atoms with Gasteiger partial charge in [0, 0.05) is 0 Å². The second-order valence-corrected chi connectivity index (χ2v) is 2.98. The smallest absolute Gasteiger partial charge is 0.116 e. The fourth-order valence-electron chi connectivity index (χ4n) is 0.741. The summed E-state index contributed by atoms with van der Waals surface area (Å²) in [7, 11) is 0. The van der Waals surface area contributed by atoms with Crippen molar-refractivity contribution in [1.82, 2.24) is 4.98 Å². The quantitative estimate of drug-likeness (QED) is 0.667. The molecular formula is C9H9NS. The van der Waals surface area contributed by atoms with E-state index in [4.69, 9.17) is 0 Å². The fourth-order valence-corrected chi connectivity index (χ4v) is 1.51. The largest absolute Gasteiger partial charge is 0.237 e. The van der Waals surface area contributed by atoms with Crippen molar-refractivity contribution < 1.29 is 0 Å². The third-order valence-electron chi connectivity index (χ3n) is 1.25. The van der Waals surface area contributed by atoms with Gasteiger partial charge in [-0.2, -0.15) is 0 Å². The average molecular weight is 163 g/mol. The Balaban J connectivity index is 3.21. The van der Waals surface area contributed by atoms with Gasteiger partial charge >= 0.3 is 0 Å². The minimum absolute atomic E-state index is 0.889. The molecule has 0 unspecified atom stereocenters. The maximum Gasteiger partial charge on any atom is 0.116 e. The molecule has 2 heteroatoms. The molecule has 0 aromatic carbocycles. The summed E-state index contributed by atoms with van der Waals surface area (Å²) in [6.45, 7) is 11.0. The van der Waals surface area contributed by atoms with E-state index < -0.39 is 0 Å². The standard InChI is InChI=1S/C9H9NS/c1-4-7-8(5-2)11-9(6-3)10-7/h4-6H,1-3H2. The van der Waals surface area contributed by atoms with Crippen LogP contribution in [0, 0.1) is 0 Å². The van der Waals surface area contributed by atoms with Gasteiger partial charge in [0.1, 0.15) is 5.01 Å². The van der Waals surface area contributed by atoms with Crippen molar-refractivity contribution in [1.29, 1.82) is 0 Å². The van der Waals surface area contributed by atoms with Crippen LogP contribution in [0.3, 0.4) is 0 Å². The molecule has 56 valence electrons. The molecule has 0 atom stereocenters. The molecule has 0 spiro atoms. The Labute approximate surface area is 70.4 Å². The lowest BCUT2D eigenvalue weighted by molar-refractivity contribution is 1.35. The van der Waals surface area contributed by atoms with E-state index in [0.717, 1.165) is 15.6 Å². The Morgan fingerprint density at radius 2 is 1.82 bits per heavy atom. The molecule has 0 bridgehead atoms. The van der Waals surface area contributed by atoms with Gasteiger partial charge in [-0.3, -0.25) is 0 Å². The van der Waals surface area contributed by atoms with Crippen molar-refractivity contribution in [2.24, 2.45) is 0 Å². The van der Waals surface area contributed by atoms with Crippen molar-refractivity contribution in [3.8, 4) is 0 Å². The molecule has 0 aliphatic carbocycles. The van der Waals surface area contributed by atoms with E-state index in [1.807, 2.05) is 0 Å². The summed E-state index contributed by atoms with van der Waals surface area (Å²) in [6.07, 6.45) is 5.23. The number of hydrogen-bond donors (Lipinski definition) is 0.